The quantitative estimate of drug-likeness (QED) is 0.407. The van der Waals surface area contributed by atoms with Gasteiger partial charge in [0.15, 0.2) is 5.69 Å². The summed E-state index contributed by atoms with van der Waals surface area (Å²) in [5, 5.41) is 34.7. The van der Waals surface area contributed by atoms with Crippen LogP contribution in [0.25, 0.3) is 28.2 Å². The zero-order chi connectivity index (χ0) is 22.9. The second-order valence-corrected chi connectivity index (χ2v) is 8.00. The monoisotopic (exact) mass is 432 g/mol. The Hall–Kier alpha value is -3.85. The van der Waals surface area contributed by atoms with Crippen LogP contribution >= 0.6 is 0 Å². The zero-order valence-corrected chi connectivity index (χ0v) is 18.1. The molecule has 0 saturated heterocycles. The number of carbonyl (C=O) groups is 1. The maximum Gasteiger partial charge on any atom is 0.354 e. The minimum Gasteiger partial charge on any atom is -0.477 e. The number of hydrogen-bond acceptors (Lipinski definition) is 6. The summed E-state index contributed by atoms with van der Waals surface area (Å²) in [6.45, 7) is 5.08. The molecule has 2 heterocycles. The van der Waals surface area contributed by atoms with Crippen LogP contribution in [0.1, 0.15) is 49.2 Å². The topological polar surface area (TPSA) is 130 Å². The van der Waals surface area contributed by atoms with Gasteiger partial charge in [0, 0.05) is 17.7 Å². The molecule has 0 bridgehead atoms. The standard InChI is InChI=1S/C23H24N6O3/c1-4-7-18-24-20(23(2,3)32)19(22(30)31)29(18)15-12-10-14(11-13-15)16-8-5-6-9-17(16)21-25-27-28-26-21/h5-6,8-13,32H,4,7H2,1-3H3,(H,30,31)(H,25,26,27,28). The number of H-pyrrole nitrogens is 1. The molecule has 0 saturated carbocycles. The predicted molar refractivity (Wildman–Crippen MR) is 118 cm³/mol. The lowest BCUT2D eigenvalue weighted by Crippen LogP contribution is -2.21. The summed E-state index contributed by atoms with van der Waals surface area (Å²) >= 11 is 0. The van der Waals surface area contributed by atoms with Crippen LogP contribution in [0.2, 0.25) is 0 Å². The van der Waals surface area contributed by atoms with E-state index < -0.39 is 11.6 Å². The first-order chi connectivity index (χ1) is 15.3. The molecular weight excluding hydrogens is 408 g/mol. The van der Waals surface area contributed by atoms with Gasteiger partial charge in [0.25, 0.3) is 0 Å². The molecule has 0 atom stereocenters. The SMILES string of the molecule is CCCc1nc(C(C)(C)O)c(C(=O)O)n1-c1ccc(-c2ccccc2-c2nn[nH]n2)cc1. The van der Waals surface area contributed by atoms with Crippen molar-refractivity contribution in [1.29, 1.82) is 0 Å². The summed E-state index contributed by atoms with van der Waals surface area (Å²) in [6.07, 6.45) is 1.37. The van der Waals surface area contributed by atoms with E-state index in [-0.39, 0.29) is 11.4 Å². The third-order valence-corrected chi connectivity index (χ3v) is 5.15. The summed E-state index contributed by atoms with van der Waals surface area (Å²) in [4.78, 5) is 16.7. The predicted octanol–water partition coefficient (Wildman–Crippen LogP) is 3.60. The van der Waals surface area contributed by atoms with Crippen LogP contribution in [0.15, 0.2) is 48.5 Å². The number of rotatable bonds is 7. The molecule has 32 heavy (non-hydrogen) atoms. The maximum absolute atomic E-state index is 12.1. The van der Waals surface area contributed by atoms with E-state index in [0.717, 1.165) is 23.1 Å². The highest BCUT2D eigenvalue weighted by Gasteiger charge is 2.32. The van der Waals surface area contributed by atoms with Crippen LogP contribution in [0.4, 0.5) is 0 Å². The molecule has 4 aromatic rings. The van der Waals surface area contributed by atoms with Crippen molar-refractivity contribution in [3.63, 3.8) is 0 Å². The van der Waals surface area contributed by atoms with Crippen LogP contribution in [0.3, 0.4) is 0 Å². The van der Waals surface area contributed by atoms with Crippen molar-refractivity contribution < 1.29 is 15.0 Å². The summed E-state index contributed by atoms with van der Waals surface area (Å²) in [7, 11) is 0. The number of benzene rings is 2. The Morgan fingerprint density at radius 2 is 1.78 bits per heavy atom. The highest BCUT2D eigenvalue weighted by atomic mass is 16.4. The smallest absolute Gasteiger partial charge is 0.354 e. The minimum atomic E-state index is -1.38. The third kappa shape index (κ3) is 3.90. The van der Waals surface area contributed by atoms with Crippen LogP contribution in [-0.4, -0.2) is 46.4 Å². The van der Waals surface area contributed by atoms with Gasteiger partial charge in [-0.3, -0.25) is 4.57 Å². The number of aryl methyl sites for hydroxylation is 1. The fourth-order valence-corrected chi connectivity index (χ4v) is 3.76. The highest BCUT2D eigenvalue weighted by Crippen LogP contribution is 2.32. The number of hydrogen-bond donors (Lipinski definition) is 3. The Morgan fingerprint density at radius 3 is 2.34 bits per heavy atom. The van der Waals surface area contributed by atoms with Gasteiger partial charge in [0.2, 0.25) is 5.82 Å². The number of imidazole rings is 1. The largest absolute Gasteiger partial charge is 0.477 e. The van der Waals surface area contributed by atoms with Gasteiger partial charge in [-0.25, -0.2) is 9.78 Å². The van der Waals surface area contributed by atoms with Crippen molar-refractivity contribution in [1.82, 2.24) is 30.2 Å². The molecule has 0 fully saturated rings. The van der Waals surface area contributed by atoms with Crippen molar-refractivity contribution in [2.75, 3.05) is 0 Å². The van der Waals surface area contributed by atoms with Gasteiger partial charge in [-0.05, 0) is 48.7 Å². The summed E-state index contributed by atoms with van der Waals surface area (Å²) in [5.41, 5.74) is 2.08. The van der Waals surface area contributed by atoms with Crippen molar-refractivity contribution in [3.05, 3.63) is 65.7 Å². The first-order valence-corrected chi connectivity index (χ1v) is 10.3. The lowest BCUT2D eigenvalue weighted by molar-refractivity contribution is 0.0605. The number of nitrogens with one attached hydrogen (secondary N) is 1. The van der Waals surface area contributed by atoms with Crippen molar-refractivity contribution in [3.8, 4) is 28.2 Å². The molecule has 0 unspecified atom stereocenters. The van der Waals surface area contributed by atoms with Crippen molar-refractivity contribution in [2.45, 2.75) is 39.2 Å². The molecule has 4 rings (SSSR count). The van der Waals surface area contributed by atoms with Gasteiger partial charge < -0.3 is 10.2 Å². The fourth-order valence-electron chi connectivity index (χ4n) is 3.76. The van der Waals surface area contributed by atoms with Gasteiger partial charge >= 0.3 is 5.97 Å². The molecule has 3 N–H and O–H groups in total. The Labute approximate surface area is 184 Å². The van der Waals surface area contributed by atoms with E-state index in [4.69, 9.17) is 0 Å². The molecule has 0 aliphatic carbocycles. The van der Waals surface area contributed by atoms with Crippen LogP contribution in [-0.2, 0) is 12.0 Å². The van der Waals surface area contributed by atoms with Gasteiger partial charge in [-0.2, -0.15) is 5.21 Å². The lowest BCUT2D eigenvalue weighted by atomic mass is 9.99. The number of aromatic carboxylic acids is 1. The number of tetrazole rings is 1. The average molecular weight is 432 g/mol. The zero-order valence-electron chi connectivity index (χ0n) is 18.1. The second kappa shape index (κ2) is 8.35. The Morgan fingerprint density at radius 1 is 1.09 bits per heavy atom. The van der Waals surface area contributed by atoms with E-state index in [1.807, 2.05) is 55.5 Å². The summed E-state index contributed by atoms with van der Waals surface area (Å²) in [6, 6.07) is 15.3. The maximum atomic E-state index is 12.1. The van der Waals surface area contributed by atoms with Gasteiger partial charge in [-0.1, -0.05) is 43.3 Å². The molecular formula is C23H24N6O3. The number of aliphatic hydroxyl groups is 1. The Kier molecular flexibility index (Phi) is 5.58. The average Bonchev–Trinajstić information content (AvgIpc) is 3.42. The second-order valence-electron chi connectivity index (χ2n) is 8.00. The van der Waals surface area contributed by atoms with E-state index >= 15 is 0 Å². The molecule has 9 heteroatoms. The summed E-state index contributed by atoms with van der Waals surface area (Å²) < 4.78 is 1.62. The van der Waals surface area contributed by atoms with Gasteiger partial charge in [0.05, 0.1) is 0 Å². The van der Waals surface area contributed by atoms with Crippen molar-refractivity contribution in [2.24, 2.45) is 0 Å². The van der Waals surface area contributed by atoms with E-state index in [9.17, 15) is 15.0 Å². The number of carboxylic acid groups (broad SMARTS) is 1. The van der Waals surface area contributed by atoms with E-state index in [2.05, 4.69) is 25.6 Å². The lowest BCUT2D eigenvalue weighted by Gasteiger charge is -2.16. The fraction of sp³-hybridized carbons (Fsp3) is 0.261. The molecule has 0 radical (unpaired) electrons. The molecule has 9 nitrogen and oxygen atoms in total. The first-order valence-electron chi connectivity index (χ1n) is 10.3. The molecule has 0 spiro atoms. The summed E-state index contributed by atoms with van der Waals surface area (Å²) in [5.74, 6) is -0.0435. The van der Waals surface area contributed by atoms with E-state index in [0.29, 0.717) is 23.8 Å². The van der Waals surface area contributed by atoms with Gasteiger partial charge in [0.1, 0.15) is 17.1 Å². The number of aromatic amines is 1. The number of carboxylic acids is 1. The third-order valence-electron chi connectivity index (χ3n) is 5.15. The molecule has 0 amide bonds. The normalized spacial score (nSPS) is 11.6. The van der Waals surface area contributed by atoms with E-state index in [1.165, 1.54) is 0 Å². The molecule has 164 valence electrons. The van der Waals surface area contributed by atoms with Crippen LogP contribution < -0.4 is 0 Å². The molecule has 2 aromatic carbocycles. The minimum absolute atomic E-state index is 0.0269. The van der Waals surface area contributed by atoms with E-state index in [1.54, 1.807) is 18.4 Å². The van der Waals surface area contributed by atoms with Crippen LogP contribution in [0.5, 0.6) is 0 Å². The molecule has 2 aromatic heterocycles. The van der Waals surface area contributed by atoms with Crippen molar-refractivity contribution >= 4 is 5.97 Å². The molecule has 0 aliphatic rings. The van der Waals surface area contributed by atoms with Crippen LogP contribution in [0, 0.1) is 0 Å². The number of aromatic nitrogens is 6. The Balaban J connectivity index is 1.83. The highest BCUT2D eigenvalue weighted by molar-refractivity contribution is 5.88. The van der Waals surface area contributed by atoms with Gasteiger partial charge in [-0.15, -0.1) is 10.2 Å². The molecule has 0 aliphatic heterocycles. The number of nitrogens with zero attached hydrogens (tertiary/aromatic N) is 5. The first kappa shape index (κ1) is 21.4. The Bertz CT molecular complexity index is 1240.